The number of benzene rings is 3. The van der Waals surface area contributed by atoms with Crippen LogP contribution < -0.4 is 10.2 Å². The fraction of sp³-hybridized carbons (Fsp3) is 0. The van der Waals surface area contributed by atoms with Crippen LogP contribution in [0.4, 0.5) is 33.3 Å². The van der Waals surface area contributed by atoms with Gasteiger partial charge < -0.3 is 5.32 Å². The molecule has 156 valence electrons. The molecule has 1 aliphatic rings. The zero-order valence-corrected chi connectivity index (χ0v) is 15.4. The molecule has 31 heavy (non-hydrogen) atoms. The summed E-state index contributed by atoms with van der Waals surface area (Å²) in [5.41, 5.74) is -0.667. The Hall–Kier alpha value is -4.01. The van der Waals surface area contributed by atoms with Crippen molar-refractivity contribution in [3.8, 4) is 0 Å². The zero-order valence-electron chi connectivity index (χ0n) is 15.4. The summed E-state index contributed by atoms with van der Waals surface area (Å²) in [6.45, 7) is 0. The molecule has 1 heterocycles. The van der Waals surface area contributed by atoms with Crippen molar-refractivity contribution in [1.82, 2.24) is 0 Å². The second-order valence-electron chi connectivity index (χ2n) is 6.55. The number of nitrogens with one attached hydrogen (secondary N) is 1. The second kappa shape index (κ2) is 7.67. The largest absolute Gasteiger partial charge is 0.350 e. The summed E-state index contributed by atoms with van der Waals surface area (Å²) in [7, 11) is 0. The standard InChI is InChI=1S/C22H11F5N2O2/c23-12-3-1-11(2-4-12)19-20(28-13-5-7-15(24)17(26)9-13)22(31)29(21(19)30)14-6-8-16(25)18(27)10-14/h1-10,28H. The Labute approximate surface area is 172 Å². The van der Waals surface area contributed by atoms with E-state index in [0.717, 1.165) is 42.5 Å². The number of nitrogens with zero attached hydrogens (tertiary/aromatic N) is 1. The topological polar surface area (TPSA) is 49.4 Å². The predicted molar refractivity (Wildman–Crippen MR) is 102 cm³/mol. The Morgan fingerprint density at radius 3 is 1.87 bits per heavy atom. The second-order valence-corrected chi connectivity index (χ2v) is 6.55. The fourth-order valence-corrected chi connectivity index (χ4v) is 3.11. The minimum Gasteiger partial charge on any atom is -0.350 e. The lowest BCUT2D eigenvalue weighted by Crippen LogP contribution is -2.32. The summed E-state index contributed by atoms with van der Waals surface area (Å²) in [4.78, 5) is 26.7. The molecule has 0 atom stereocenters. The lowest BCUT2D eigenvalue weighted by molar-refractivity contribution is -0.120. The summed E-state index contributed by atoms with van der Waals surface area (Å²) in [5.74, 6) is -7.18. The van der Waals surface area contributed by atoms with Gasteiger partial charge >= 0.3 is 0 Å². The molecule has 0 bridgehead atoms. The monoisotopic (exact) mass is 430 g/mol. The van der Waals surface area contributed by atoms with Gasteiger partial charge in [-0.3, -0.25) is 9.59 Å². The summed E-state index contributed by atoms with van der Waals surface area (Å²) in [6, 6.07) is 9.84. The first-order chi connectivity index (χ1) is 14.8. The normalized spacial score (nSPS) is 13.9. The van der Waals surface area contributed by atoms with Gasteiger partial charge in [-0.1, -0.05) is 12.1 Å². The van der Waals surface area contributed by atoms with Crippen LogP contribution in [-0.4, -0.2) is 11.8 Å². The maximum Gasteiger partial charge on any atom is 0.282 e. The molecule has 3 aromatic rings. The van der Waals surface area contributed by atoms with Crippen LogP contribution in [0.1, 0.15) is 5.56 Å². The molecule has 0 unspecified atom stereocenters. The highest BCUT2D eigenvalue weighted by Crippen LogP contribution is 2.34. The van der Waals surface area contributed by atoms with Gasteiger partial charge in [-0.25, -0.2) is 26.9 Å². The molecule has 3 aromatic carbocycles. The third kappa shape index (κ3) is 3.65. The van der Waals surface area contributed by atoms with E-state index in [0.29, 0.717) is 11.0 Å². The number of rotatable bonds is 4. The molecule has 0 aliphatic carbocycles. The van der Waals surface area contributed by atoms with Gasteiger partial charge in [0.15, 0.2) is 23.3 Å². The van der Waals surface area contributed by atoms with E-state index in [9.17, 15) is 31.5 Å². The Balaban J connectivity index is 1.83. The first kappa shape index (κ1) is 20.3. The molecular weight excluding hydrogens is 419 g/mol. The molecule has 0 saturated carbocycles. The highest BCUT2D eigenvalue weighted by molar-refractivity contribution is 6.46. The van der Waals surface area contributed by atoms with Crippen molar-refractivity contribution in [2.24, 2.45) is 0 Å². The van der Waals surface area contributed by atoms with Gasteiger partial charge in [0, 0.05) is 17.8 Å². The zero-order chi connectivity index (χ0) is 22.3. The molecule has 0 saturated heterocycles. The molecule has 2 amide bonds. The van der Waals surface area contributed by atoms with Gasteiger partial charge in [-0.05, 0) is 42.0 Å². The van der Waals surface area contributed by atoms with Crippen LogP contribution in [0.15, 0.2) is 66.4 Å². The molecule has 1 aliphatic heterocycles. The quantitative estimate of drug-likeness (QED) is 0.479. The van der Waals surface area contributed by atoms with Crippen LogP contribution in [0.3, 0.4) is 0 Å². The predicted octanol–water partition coefficient (Wildman–Crippen LogP) is 4.78. The van der Waals surface area contributed by atoms with Gasteiger partial charge in [0.2, 0.25) is 0 Å². The molecule has 4 rings (SSSR count). The summed E-state index contributed by atoms with van der Waals surface area (Å²) in [5, 5.41) is 2.58. The van der Waals surface area contributed by atoms with Crippen LogP contribution >= 0.6 is 0 Å². The third-order valence-corrected chi connectivity index (χ3v) is 4.57. The fourth-order valence-electron chi connectivity index (χ4n) is 3.11. The Morgan fingerprint density at radius 1 is 0.645 bits per heavy atom. The Kier molecular flexibility index (Phi) is 5.02. The molecule has 0 spiro atoms. The van der Waals surface area contributed by atoms with Gasteiger partial charge in [-0.2, -0.15) is 0 Å². The number of carbonyl (C=O) groups excluding carboxylic acids is 2. The van der Waals surface area contributed by atoms with E-state index in [1.54, 1.807) is 0 Å². The highest BCUT2D eigenvalue weighted by atomic mass is 19.2. The molecule has 4 nitrogen and oxygen atoms in total. The van der Waals surface area contributed by atoms with Crippen LogP contribution in [0.5, 0.6) is 0 Å². The number of imide groups is 1. The van der Waals surface area contributed by atoms with Crippen molar-refractivity contribution in [2.45, 2.75) is 0 Å². The van der Waals surface area contributed by atoms with Crippen LogP contribution in [-0.2, 0) is 9.59 Å². The van der Waals surface area contributed by atoms with Gasteiger partial charge in [0.1, 0.15) is 11.5 Å². The molecule has 9 heteroatoms. The van der Waals surface area contributed by atoms with E-state index in [4.69, 9.17) is 0 Å². The summed E-state index contributed by atoms with van der Waals surface area (Å²) in [6.07, 6.45) is 0. The number of anilines is 2. The lowest BCUT2D eigenvalue weighted by Gasteiger charge is -2.15. The van der Waals surface area contributed by atoms with Crippen LogP contribution in [0.25, 0.3) is 5.57 Å². The Bertz CT molecular complexity index is 1260. The minimum absolute atomic E-state index is 0.0400. The van der Waals surface area contributed by atoms with E-state index in [1.807, 2.05) is 0 Å². The summed E-state index contributed by atoms with van der Waals surface area (Å²) >= 11 is 0. The number of carbonyl (C=O) groups is 2. The van der Waals surface area contributed by atoms with E-state index < -0.39 is 40.9 Å². The van der Waals surface area contributed by atoms with Crippen molar-refractivity contribution < 1.29 is 31.5 Å². The lowest BCUT2D eigenvalue weighted by atomic mass is 10.0. The van der Waals surface area contributed by atoms with E-state index in [-0.39, 0.29) is 28.2 Å². The van der Waals surface area contributed by atoms with Crippen molar-refractivity contribution in [2.75, 3.05) is 10.2 Å². The SMILES string of the molecule is O=C1C(Nc2ccc(F)c(F)c2)=C(c2ccc(F)cc2)C(=O)N1c1ccc(F)c(F)c1. The average molecular weight is 430 g/mol. The highest BCUT2D eigenvalue weighted by Gasteiger charge is 2.40. The molecule has 0 radical (unpaired) electrons. The number of amides is 2. The maximum atomic E-state index is 13.7. The van der Waals surface area contributed by atoms with Crippen LogP contribution in [0, 0.1) is 29.1 Å². The van der Waals surface area contributed by atoms with Gasteiger partial charge in [0.05, 0.1) is 11.3 Å². The third-order valence-electron chi connectivity index (χ3n) is 4.57. The molecule has 0 aromatic heterocycles. The van der Waals surface area contributed by atoms with Gasteiger partial charge in [-0.15, -0.1) is 0 Å². The number of hydrogen-bond acceptors (Lipinski definition) is 3. The van der Waals surface area contributed by atoms with Gasteiger partial charge in [0.25, 0.3) is 11.8 Å². The maximum absolute atomic E-state index is 13.7. The minimum atomic E-state index is -1.27. The van der Waals surface area contributed by atoms with E-state index >= 15 is 0 Å². The Morgan fingerprint density at radius 2 is 1.26 bits per heavy atom. The number of hydrogen-bond donors (Lipinski definition) is 1. The van der Waals surface area contributed by atoms with Crippen LogP contribution in [0.2, 0.25) is 0 Å². The first-order valence-corrected chi connectivity index (χ1v) is 8.82. The number of halogens is 5. The van der Waals surface area contributed by atoms with Crippen molar-refractivity contribution >= 4 is 28.8 Å². The van der Waals surface area contributed by atoms with Crippen molar-refractivity contribution in [1.29, 1.82) is 0 Å². The van der Waals surface area contributed by atoms with E-state index in [2.05, 4.69) is 5.32 Å². The first-order valence-electron chi connectivity index (χ1n) is 8.82. The van der Waals surface area contributed by atoms with Crippen molar-refractivity contribution in [3.05, 3.63) is 101 Å². The smallest absolute Gasteiger partial charge is 0.282 e. The molecular formula is C22H11F5N2O2. The molecule has 0 fully saturated rings. The summed E-state index contributed by atoms with van der Waals surface area (Å²) < 4.78 is 67.2. The molecule has 1 N–H and O–H groups in total. The van der Waals surface area contributed by atoms with Crippen molar-refractivity contribution in [3.63, 3.8) is 0 Å². The van der Waals surface area contributed by atoms with E-state index in [1.165, 1.54) is 12.1 Å². The average Bonchev–Trinajstić information content (AvgIpc) is 2.97.